The average molecular weight is 602 g/mol. The Labute approximate surface area is 261 Å². The lowest BCUT2D eigenvalue weighted by atomic mass is 9.88. The van der Waals surface area contributed by atoms with E-state index in [0.29, 0.717) is 43.5 Å². The van der Waals surface area contributed by atoms with Crippen LogP contribution in [0.25, 0.3) is 0 Å². The predicted molar refractivity (Wildman–Crippen MR) is 174 cm³/mol. The second-order valence-electron chi connectivity index (χ2n) is 12.4. The maximum atomic E-state index is 13.9. The highest BCUT2D eigenvalue weighted by Crippen LogP contribution is 2.37. The maximum Gasteiger partial charge on any atom is 0.251 e. The van der Waals surface area contributed by atoms with E-state index in [4.69, 9.17) is 0 Å². The summed E-state index contributed by atoms with van der Waals surface area (Å²) in [6.45, 7) is 1.10. The molecular weight excluding hydrogens is 558 g/mol. The molecule has 1 heterocycles. The summed E-state index contributed by atoms with van der Waals surface area (Å²) in [5, 5.41) is 18.2. The van der Waals surface area contributed by atoms with Gasteiger partial charge >= 0.3 is 0 Å². The van der Waals surface area contributed by atoms with Gasteiger partial charge in [-0.2, -0.15) is 0 Å². The number of aliphatic hydroxyl groups is 1. The van der Waals surface area contributed by atoms with Gasteiger partial charge in [0.1, 0.15) is 0 Å². The van der Waals surface area contributed by atoms with Gasteiger partial charge in [0.2, 0.25) is 5.91 Å². The Morgan fingerprint density at radius 2 is 1.65 bits per heavy atom. The van der Waals surface area contributed by atoms with E-state index in [0.717, 1.165) is 55.3 Å². The normalized spacial score (nSPS) is 19.9. The van der Waals surface area contributed by atoms with E-state index in [2.05, 4.69) is 41.0 Å². The number of benzene rings is 3. The van der Waals surface area contributed by atoms with Crippen LogP contribution in [0.3, 0.4) is 0 Å². The number of fused-ring (bicyclic) bond motifs is 1. The molecule has 2 aliphatic carbocycles. The number of halogens is 1. The molecule has 0 bridgehead atoms. The van der Waals surface area contributed by atoms with Crippen molar-refractivity contribution in [3.05, 3.63) is 101 Å². The number of carbonyl (C=O) groups is 2. The topological polar surface area (TPSA) is 81.7 Å². The van der Waals surface area contributed by atoms with Crippen molar-refractivity contribution in [2.75, 3.05) is 18.0 Å². The van der Waals surface area contributed by atoms with Gasteiger partial charge in [0, 0.05) is 36.8 Å². The highest BCUT2D eigenvalue weighted by Gasteiger charge is 2.28. The van der Waals surface area contributed by atoms with Gasteiger partial charge in [0.05, 0.1) is 12.1 Å². The number of aryl methyl sites for hydroxylation is 1. The zero-order valence-corrected chi connectivity index (χ0v) is 25.7. The van der Waals surface area contributed by atoms with Crippen molar-refractivity contribution >= 4 is 29.9 Å². The number of nitrogens with zero attached hydrogens (tertiary/aromatic N) is 1. The SMILES string of the molecule is Cl.O=C(N[C@@H](Cc1ccccc1)[C@H](O)CNC1CCc2ccccc2C1)c1cc(C2CCCC2)cc(N2CCCC2=O)c1. The maximum absolute atomic E-state index is 13.9. The monoisotopic (exact) mass is 601 g/mol. The molecule has 6 nitrogen and oxygen atoms in total. The molecule has 2 amide bonds. The van der Waals surface area contributed by atoms with Crippen LogP contribution in [0.2, 0.25) is 0 Å². The first-order valence-corrected chi connectivity index (χ1v) is 15.8. The lowest BCUT2D eigenvalue weighted by Crippen LogP contribution is -2.50. The Morgan fingerprint density at radius 1 is 0.907 bits per heavy atom. The van der Waals surface area contributed by atoms with E-state index in [1.165, 1.54) is 24.0 Å². The molecule has 43 heavy (non-hydrogen) atoms. The number of aliphatic hydroxyl groups excluding tert-OH is 1. The van der Waals surface area contributed by atoms with Crippen LogP contribution >= 0.6 is 12.4 Å². The summed E-state index contributed by atoms with van der Waals surface area (Å²) in [6, 6.07) is 24.5. The molecule has 3 N–H and O–H groups in total. The van der Waals surface area contributed by atoms with Gasteiger partial charge in [0.25, 0.3) is 5.91 Å². The number of carbonyl (C=O) groups excluding carboxylic acids is 2. The molecule has 1 aliphatic heterocycles. The standard InChI is InChI=1S/C36H43N3O3.ClH/c40-34(24-37-31-17-16-27-13-6-7-14-28(27)21-31)33(19-25-9-2-1-3-10-25)38-36(42)30-20-29(26-11-4-5-12-26)22-32(23-30)39-18-8-15-35(39)41;/h1-3,6-7,9-10,13-14,20,22-23,26,31,33-34,37,40H,4-5,8,11-12,15-19,21,24H2,(H,38,42);1H/t31?,33-,34+;/m0./s1. The summed E-state index contributed by atoms with van der Waals surface area (Å²) in [5.74, 6) is 0.345. The van der Waals surface area contributed by atoms with Gasteiger partial charge in [-0.05, 0) is 91.3 Å². The van der Waals surface area contributed by atoms with Crippen LogP contribution in [0.5, 0.6) is 0 Å². The second-order valence-corrected chi connectivity index (χ2v) is 12.4. The average Bonchev–Trinajstić information content (AvgIpc) is 3.72. The van der Waals surface area contributed by atoms with Crippen molar-refractivity contribution < 1.29 is 14.7 Å². The highest BCUT2D eigenvalue weighted by atomic mass is 35.5. The summed E-state index contributed by atoms with van der Waals surface area (Å²) in [5.41, 5.74) is 6.40. The molecule has 6 rings (SSSR count). The third-order valence-electron chi connectivity index (χ3n) is 9.46. The molecular formula is C36H44ClN3O3. The highest BCUT2D eigenvalue weighted by molar-refractivity contribution is 5.99. The summed E-state index contributed by atoms with van der Waals surface area (Å²) >= 11 is 0. The Hall–Kier alpha value is -3.19. The molecule has 228 valence electrons. The minimum Gasteiger partial charge on any atom is -0.390 e. The molecule has 3 atom stereocenters. The molecule has 0 radical (unpaired) electrons. The lowest BCUT2D eigenvalue weighted by molar-refractivity contribution is -0.117. The molecule has 2 fully saturated rings. The fourth-order valence-electron chi connectivity index (χ4n) is 7.04. The third kappa shape index (κ3) is 7.67. The minimum atomic E-state index is -0.760. The van der Waals surface area contributed by atoms with Crippen LogP contribution in [0.15, 0.2) is 72.8 Å². The van der Waals surface area contributed by atoms with Crippen LogP contribution in [0.4, 0.5) is 5.69 Å². The van der Waals surface area contributed by atoms with E-state index >= 15 is 0 Å². The van der Waals surface area contributed by atoms with E-state index in [9.17, 15) is 14.7 Å². The van der Waals surface area contributed by atoms with Crippen molar-refractivity contribution in [2.24, 2.45) is 0 Å². The smallest absolute Gasteiger partial charge is 0.251 e. The Balaban J connectivity index is 0.00000368. The molecule has 0 aromatic heterocycles. The first-order chi connectivity index (χ1) is 20.5. The quantitative estimate of drug-likeness (QED) is 0.277. The van der Waals surface area contributed by atoms with Crippen LogP contribution in [0.1, 0.15) is 83.5 Å². The number of anilines is 1. The van der Waals surface area contributed by atoms with Gasteiger partial charge in [-0.1, -0.05) is 67.4 Å². The largest absolute Gasteiger partial charge is 0.390 e. The first kappa shape index (κ1) is 31.2. The van der Waals surface area contributed by atoms with Crippen molar-refractivity contribution in [3.8, 4) is 0 Å². The molecule has 7 heteroatoms. The van der Waals surface area contributed by atoms with Crippen molar-refractivity contribution in [2.45, 2.75) is 88.3 Å². The molecule has 1 saturated heterocycles. The summed E-state index contributed by atoms with van der Waals surface area (Å²) < 4.78 is 0. The van der Waals surface area contributed by atoms with Crippen LogP contribution in [-0.2, 0) is 24.1 Å². The van der Waals surface area contributed by atoms with Crippen LogP contribution in [0, 0.1) is 0 Å². The van der Waals surface area contributed by atoms with Crippen molar-refractivity contribution in [3.63, 3.8) is 0 Å². The summed E-state index contributed by atoms with van der Waals surface area (Å²) in [4.78, 5) is 28.3. The van der Waals surface area contributed by atoms with Gasteiger partial charge in [-0.25, -0.2) is 0 Å². The number of hydrogen-bond acceptors (Lipinski definition) is 4. The number of amides is 2. The van der Waals surface area contributed by atoms with Crippen molar-refractivity contribution in [1.82, 2.24) is 10.6 Å². The Bertz CT molecular complexity index is 1390. The fraction of sp³-hybridized carbons (Fsp3) is 0.444. The van der Waals surface area contributed by atoms with Gasteiger partial charge in [0.15, 0.2) is 0 Å². The first-order valence-electron chi connectivity index (χ1n) is 15.8. The summed E-state index contributed by atoms with van der Waals surface area (Å²) in [6.07, 6.45) is 8.82. The van der Waals surface area contributed by atoms with Crippen LogP contribution < -0.4 is 15.5 Å². The molecule has 3 aromatic carbocycles. The predicted octanol–water partition coefficient (Wildman–Crippen LogP) is 5.74. The van der Waals surface area contributed by atoms with Gasteiger partial charge < -0.3 is 20.6 Å². The van der Waals surface area contributed by atoms with Crippen LogP contribution in [-0.4, -0.2) is 48.2 Å². The van der Waals surface area contributed by atoms with E-state index in [1.807, 2.05) is 47.4 Å². The lowest BCUT2D eigenvalue weighted by Gasteiger charge is -2.29. The van der Waals surface area contributed by atoms with E-state index in [1.54, 1.807) is 0 Å². The zero-order valence-electron chi connectivity index (χ0n) is 24.8. The number of hydrogen-bond donors (Lipinski definition) is 3. The van der Waals surface area contributed by atoms with Crippen molar-refractivity contribution in [1.29, 1.82) is 0 Å². The second kappa shape index (κ2) is 14.5. The fourth-order valence-corrected chi connectivity index (χ4v) is 7.04. The third-order valence-corrected chi connectivity index (χ3v) is 9.46. The Morgan fingerprint density at radius 3 is 2.40 bits per heavy atom. The molecule has 3 aromatic rings. The Kier molecular flexibility index (Phi) is 10.6. The summed E-state index contributed by atoms with van der Waals surface area (Å²) in [7, 11) is 0. The minimum absolute atomic E-state index is 0. The molecule has 0 spiro atoms. The van der Waals surface area contributed by atoms with Gasteiger partial charge in [-0.3, -0.25) is 9.59 Å². The van der Waals surface area contributed by atoms with E-state index < -0.39 is 12.1 Å². The van der Waals surface area contributed by atoms with E-state index in [-0.39, 0.29) is 24.2 Å². The molecule has 1 saturated carbocycles. The number of nitrogens with one attached hydrogen (secondary N) is 2. The molecule has 1 unspecified atom stereocenters. The zero-order chi connectivity index (χ0) is 28.9. The number of rotatable bonds is 10. The van der Waals surface area contributed by atoms with Gasteiger partial charge in [-0.15, -0.1) is 12.4 Å². The molecule has 3 aliphatic rings.